The minimum Gasteiger partial charge on any atom is -0.506 e. The quantitative estimate of drug-likeness (QED) is 0.328. The number of hydrogen-bond acceptors (Lipinski definition) is 3. The van der Waals surface area contributed by atoms with Crippen LogP contribution in [0.4, 0.5) is 5.69 Å². The van der Waals surface area contributed by atoms with Crippen LogP contribution in [0.5, 0.6) is 5.75 Å². The normalized spacial score (nSPS) is 17.8. The highest BCUT2D eigenvalue weighted by Gasteiger charge is 2.43. The molecule has 1 saturated heterocycles. The van der Waals surface area contributed by atoms with E-state index >= 15 is 0 Å². The van der Waals surface area contributed by atoms with Gasteiger partial charge in [-0.15, -0.1) is 0 Å². The van der Waals surface area contributed by atoms with Crippen LogP contribution in [0.15, 0.2) is 72.9 Å². The van der Waals surface area contributed by atoms with E-state index in [1.807, 2.05) is 59.5 Å². The van der Waals surface area contributed by atoms with Crippen molar-refractivity contribution in [2.45, 2.75) is 32.9 Å². The molecule has 5 nitrogen and oxygen atoms in total. The van der Waals surface area contributed by atoms with Crippen molar-refractivity contribution in [3.8, 4) is 11.4 Å². The third-order valence-corrected chi connectivity index (χ3v) is 6.99. The minimum absolute atomic E-state index is 0.179. The molecule has 1 aliphatic heterocycles. The summed E-state index contributed by atoms with van der Waals surface area (Å²) in [4.78, 5) is 6.63. The van der Waals surface area contributed by atoms with Crippen LogP contribution in [0.1, 0.15) is 40.3 Å². The van der Waals surface area contributed by atoms with E-state index in [-0.39, 0.29) is 17.8 Å². The van der Waals surface area contributed by atoms with Crippen molar-refractivity contribution < 1.29 is 5.11 Å². The summed E-state index contributed by atoms with van der Waals surface area (Å²) >= 11 is 12.2. The monoisotopic (exact) mass is 488 g/mol. The van der Waals surface area contributed by atoms with Crippen LogP contribution in [-0.2, 0) is 0 Å². The molecule has 2 aromatic heterocycles. The zero-order chi connectivity index (χ0) is 24.0. The highest BCUT2D eigenvalue weighted by atomic mass is 35.5. The van der Waals surface area contributed by atoms with Crippen LogP contribution in [0.3, 0.4) is 0 Å². The molecule has 4 aromatic rings. The Morgan fingerprint density at radius 2 is 1.74 bits per heavy atom. The van der Waals surface area contributed by atoms with Crippen LogP contribution in [0.25, 0.3) is 5.69 Å². The lowest BCUT2D eigenvalue weighted by Crippen LogP contribution is -2.29. The molecule has 5 rings (SSSR count). The number of nitrogens with one attached hydrogen (secondary N) is 1. The van der Waals surface area contributed by atoms with E-state index < -0.39 is 0 Å². The number of phenols is 1. The van der Waals surface area contributed by atoms with Crippen molar-refractivity contribution in [3.63, 3.8) is 0 Å². The number of rotatable bonds is 4. The number of benzene rings is 2. The Bertz CT molecular complexity index is 1380. The van der Waals surface area contributed by atoms with E-state index in [4.69, 9.17) is 23.8 Å². The Kier molecular flexibility index (Phi) is 5.80. The first-order chi connectivity index (χ1) is 16.4. The largest absolute Gasteiger partial charge is 0.506 e. The Morgan fingerprint density at radius 3 is 2.47 bits per heavy atom. The van der Waals surface area contributed by atoms with E-state index in [0.29, 0.717) is 15.8 Å². The fraction of sp³-hybridized carbons (Fsp3) is 0.185. The molecule has 1 fully saturated rings. The lowest BCUT2D eigenvalue weighted by Gasteiger charge is -2.28. The summed E-state index contributed by atoms with van der Waals surface area (Å²) < 4.78 is 2.23. The van der Waals surface area contributed by atoms with Gasteiger partial charge in [-0.2, -0.15) is 0 Å². The fourth-order valence-corrected chi connectivity index (χ4v) is 5.38. The molecule has 7 heteroatoms. The summed E-state index contributed by atoms with van der Waals surface area (Å²) in [6, 6.07) is 20.9. The number of thiocarbonyl (C=S) groups is 1. The first kappa shape index (κ1) is 22.4. The van der Waals surface area contributed by atoms with Gasteiger partial charge >= 0.3 is 0 Å². The number of phenolic OH excluding ortho intramolecular Hbond substituents is 1. The zero-order valence-corrected chi connectivity index (χ0v) is 20.7. The molecule has 0 saturated carbocycles. The standard InChI is InChI=1S/C27H25ClN4OS/c1-16-11-12-19(28)15-23(16)31-17(2)14-20(18(31)3)26-25(21-8-6-7-13-29-21)30-27(34)32(26)22-9-4-5-10-24(22)33/h4-15,25-26,33H,1-3H3,(H,30,34)/t25-,26-/m1/s1. The van der Waals surface area contributed by atoms with Crippen LogP contribution >= 0.6 is 23.8 Å². The summed E-state index contributed by atoms with van der Waals surface area (Å²) in [5, 5.41) is 15.4. The molecule has 0 bridgehead atoms. The van der Waals surface area contributed by atoms with Gasteiger partial charge in [0.15, 0.2) is 5.11 Å². The van der Waals surface area contributed by atoms with Gasteiger partial charge in [0, 0.05) is 28.3 Å². The van der Waals surface area contributed by atoms with Crippen molar-refractivity contribution in [2.24, 2.45) is 0 Å². The number of hydrogen-bond donors (Lipinski definition) is 2. The molecule has 0 spiro atoms. The van der Waals surface area contributed by atoms with Crippen LogP contribution < -0.4 is 10.2 Å². The molecule has 2 N–H and O–H groups in total. The summed E-state index contributed by atoms with van der Waals surface area (Å²) in [7, 11) is 0. The number of aromatic nitrogens is 2. The first-order valence-electron chi connectivity index (χ1n) is 11.1. The van der Waals surface area contributed by atoms with E-state index in [1.54, 1.807) is 12.3 Å². The smallest absolute Gasteiger partial charge is 0.174 e. The van der Waals surface area contributed by atoms with Gasteiger partial charge in [-0.1, -0.05) is 35.9 Å². The summed E-state index contributed by atoms with van der Waals surface area (Å²) in [6.07, 6.45) is 1.79. The molecule has 172 valence electrons. The van der Waals surface area contributed by atoms with Crippen LogP contribution in [0, 0.1) is 20.8 Å². The van der Waals surface area contributed by atoms with E-state index in [9.17, 15) is 5.11 Å². The predicted molar refractivity (Wildman–Crippen MR) is 141 cm³/mol. The van der Waals surface area contributed by atoms with Crippen molar-refractivity contribution in [2.75, 3.05) is 4.90 Å². The fourth-order valence-electron chi connectivity index (χ4n) is 4.88. The number of pyridine rings is 1. The van der Waals surface area contributed by atoms with Crippen molar-refractivity contribution in [3.05, 3.63) is 106 Å². The zero-order valence-electron chi connectivity index (χ0n) is 19.2. The number of nitrogens with zero attached hydrogens (tertiary/aromatic N) is 3. The third kappa shape index (κ3) is 3.73. The first-order valence-corrected chi connectivity index (χ1v) is 11.9. The minimum atomic E-state index is -0.213. The van der Waals surface area contributed by atoms with Crippen LogP contribution in [0.2, 0.25) is 5.02 Å². The van der Waals surface area contributed by atoms with Gasteiger partial charge in [-0.3, -0.25) is 4.98 Å². The maximum absolute atomic E-state index is 10.7. The van der Waals surface area contributed by atoms with Gasteiger partial charge in [0.2, 0.25) is 0 Å². The number of aromatic hydroxyl groups is 1. The number of anilines is 1. The van der Waals surface area contributed by atoms with E-state index in [1.165, 1.54) is 0 Å². The van der Waals surface area contributed by atoms with Crippen molar-refractivity contribution >= 4 is 34.6 Å². The number of halogens is 1. The molecule has 2 atom stereocenters. The Labute approximate surface area is 209 Å². The van der Waals surface area contributed by atoms with Gasteiger partial charge in [0.25, 0.3) is 0 Å². The molecule has 2 aromatic carbocycles. The maximum atomic E-state index is 10.7. The van der Waals surface area contributed by atoms with Gasteiger partial charge < -0.3 is 19.9 Å². The Hall–Kier alpha value is -3.35. The number of para-hydroxylation sites is 2. The van der Waals surface area contributed by atoms with Gasteiger partial charge in [-0.05, 0) is 86.6 Å². The summed E-state index contributed by atoms with van der Waals surface area (Å²) in [6.45, 7) is 6.29. The molecule has 34 heavy (non-hydrogen) atoms. The highest BCUT2D eigenvalue weighted by molar-refractivity contribution is 7.80. The SMILES string of the molecule is Cc1ccc(Cl)cc1-n1c(C)cc([C@@H]2[C@@H](c3ccccn3)NC(=S)N2c2ccccc2O)c1C. The lowest BCUT2D eigenvalue weighted by molar-refractivity contribution is 0.472. The second-order valence-electron chi connectivity index (χ2n) is 8.58. The lowest BCUT2D eigenvalue weighted by atomic mass is 9.96. The summed E-state index contributed by atoms with van der Waals surface area (Å²) in [5.74, 6) is 0.179. The average Bonchev–Trinajstić information content (AvgIpc) is 3.31. The molecular weight excluding hydrogens is 464 g/mol. The molecule has 0 unspecified atom stereocenters. The van der Waals surface area contributed by atoms with E-state index in [2.05, 4.69) is 41.7 Å². The van der Waals surface area contributed by atoms with Gasteiger partial charge in [0.05, 0.1) is 23.5 Å². The van der Waals surface area contributed by atoms with Crippen molar-refractivity contribution in [1.82, 2.24) is 14.9 Å². The average molecular weight is 489 g/mol. The van der Waals surface area contributed by atoms with E-state index in [0.717, 1.165) is 33.9 Å². The van der Waals surface area contributed by atoms with Crippen LogP contribution in [-0.4, -0.2) is 19.8 Å². The molecule has 0 radical (unpaired) electrons. The molecule has 3 heterocycles. The highest BCUT2D eigenvalue weighted by Crippen LogP contribution is 2.46. The van der Waals surface area contributed by atoms with Crippen molar-refractivity contribution in [1.29, 1.82) is 0 Å². The Morgan fingerprint density at radius 1 is 0.971 bits per heavy atom. The third-order valence-electron chi connectivity index (χ3n) is 6.44. The topological polar surface area (TPSA) is 53.3 Å². The second-order valence-corrected chi connectivity index (χ2v) is 9.40. The summed E-state index contributed by atoms with van der Waals surface area (Å²) in [5.41, 5.74) is 7.00. The molecule has 0 amide bonds. The Balaban J connectivity index is 1.72. The number of aryl methyl sites for hydroxylation is 2. The second kappa shape index (κ2) is 8.78. The molecule has 1 aliphatic rings. The molecular formula is C27H25ClN4OS. The maximum Gasteiger partial charge on any atom is 0.174 e. The van der Waals surface area contributed by atoms with Gasteiger partial charge in [-0.25, -0.2) is 0 Å². The molecule has 0 aliphatic carbocycles. The van der Waals surface area contributed by atoms with Gasteiger partial charge in [0.1, 0.15) is 5.75 Å². The predicted octanol–water partition coefficient (Wildman–Crippen LogP) is 6.33.